The van der Waals surface area contributed by atoms with Crippen molar-refractivity contribution in [2.24, 2.45) is 0 Å². The second-order valence-electron chi connectivity index (χ2n) is 3.68. The van der Waals surface area contributed by atoms with Crippen molar-refractivity contribution < 1.29 is 0 Å². The van der Waals surface area contributed by atoms with Crippen molar-refractivity contribution in [1.29, 1.82) is 0 Å². The molecular formula is C19H38. The van der Waals surface area contributed by atoms with Gasteiger partial charge in [-0.05, 0) is 24.3 Å². The van der Waals surface area contributed by atoms with E-state index in [2.05, 4.69) is 44.2 Å². The van der Waals surface area contributed by atoms with E-state index < -0.39 is 0 Å². The number of benzene rings is 1. The molecule has 0 aromatic heterocycles. The molecule has 114 valence electrons. The average Bonchev–Trinajstić information content (AvgIpc) is 2.54. The molecule has 0 N–H and O–H groups in total. The lowest BCUT2D eigenvalue weighted by Gasteiger charge is -2.15. The van der Waals surface area contributed by atoms with Crippen LogP contribution in [0.5, 0.6) is 0 Å². The largest absolute Gasteiger partial charge is 0.0683 e. The lowest BCUT2D eigenvalue weighted by molar-refractivity contribution is 0.561. The molecule has 0 bridgehead atoms. The van der Waals surface area contributed by atoms with Crippen LogP contribution in [0.1, 0.15) is 92.6 Å². The molecule has 0 spiro atoms. The molecule has 1 aromatic carbocycles. The lowest BCUT2D eigenvalue weighted by atomic mass is 9.91. The molecule has 0 aliphatic heterocycles. The van der Waals surface area contributed by atoms with Crippen LogP contribution in [-0.2, 0) is 0 Å². The summed E-state index contributed by atoms with van der Waals surface area (Å²) in [6.45, 7) is 16.5. The van der Waals surface area contributed by atoms with Crippen molar-refractivity contribution in [1.82, 2.24) is 0 Å². The van der Waals surface area contributed by atoms with Crippen molar-refractivity contribution in [3.05, 3.63) is 35.9 Å². The Morgan fingerprint density at radius 2 is 1.05 bits per heavy atom. The van der Waals surface area contributed by atoms with Crippen LogP contribution in [0.4, 0.5) is 0 Å². The van der Waals surface area contributed by atoms with Crippen molar-refractivity contribution in [2.75, 3.05) is 0 Å². The van der Waals surface area contributed by atoms with E-state index in [1.54, 1.807) is 0 Å². The van der Waals surface area contributed by atoms with Crippen LogP contribution >= 0.6 is 0 Å². The third-order valence-electron chi connectivity index (χ3n) is 2.55. The molecule has 0 atom stereocenters. The van der Waals surface area contributed by atoms with Gasteiger partial charge in [0.15, 0.2) is 0 Å². The van der Waals surface area contributed by atoms with Gasteiger partial charge < -0.3 is 0 Å². The van der Waals surface area contributed by atoms with Gasteiger partial charge in [0.25, 0.3) is 0 Å². The molecule has 0 radical (unpaired) electrons. The van der Waals surface area contributed by atoms with Crippen LogP contribution in [0.2, 0.25) is 0 Å². The first-order valence-corrected chi connectivity index (χ1v) is 8.43. The zero-order chi connectivity index (χ0) is 15.5. The normalized spacial score (nSPS) is 8.26. The first-order valence-electron chi connectivity index (χ1n) is 8.43. The Morgan fingerprint density at radius 3 is 1.37 bits per heavy atom. The van der Waals surface area contributed by atoms with Gasteiger partial charge >= 0.3 is 0 Å². The van der Waals surface area contributed by atoms with Gasteiger partial charge in [-0.2, -0.15) is 0 Å². The number of hydrogen-bond acceptors (Lipinski definition) is 0. The van der Waals surface area contributed by atoms with Gasteiger partial charge in [0, 0.05) is 0 Å². The summed E-state index contributed by atoms with van der Waals surface area (Å²) in [5, 5.41) is 0. The van der Waals surface area contributed by atoms with Gasteiger partial charge in [0.2, 0.25) is 0 Å². The quantitative estimate of drug-likeness (QED) is 0.519. The van der Waals surface area contributed by atoms with Crippen molar-refractivity contribution in [2.45, 2.75) is 87.0 Å². The Balaban J connectivity index is -0.000000375. The zero-order valence-electron chi connectivity index (χ0n) is 14.8. The lowest BCUT2D eigenvalue weighted by Crippen LogP contribution is -1.97. The summed E-state index contributed by atoms with van der Waals surface area (Å²) in [7, 11) is 0. The summed E-state index contributed by atoms with van der Waals surface area (Å²) in [5.74, 6) is 0.788. The monoisotopic (exact) mass is 266 g/mol. The number of rotatable bonds is 5. The maximum Gasteiger partial charge on any atom is -0.0162 e. The third kappa shape index (κ3) is 13.5. The fourth-order valence-corrected chi connectivity index (χ4v) is 1.90. The van der Waals surface area contributed by atoms with E-state index in [4.69, 9.17) is 0 Å². The van der Waals surface area contributed by atoms with Gasteiger partial charge in [-0.25, -0.2) is 0 Å². The molecule has 0 saturated heterocycles. The van der Waals surface area contributed by atoms with Crippen molar-refractivity contribution >= 4 is 0 Å². The molecule has 1 aromatic rings. The highest BCUT2D eigenvalue weighted by Crippen LogP contribution is 2.25. The molecule has 19 heavy (non-hydrogen) atoms. The summed E-state index contributed by atoms with van der Waals surface area (Å²) in [6, 6.07) is 10.9. The maximum absolute atomic E-state index is 2.27. The third-order valence-corrected chi connectivity index (χ3v) is 2.55. The zero-order valence-corrected chi connectivity index (χ0v) is 14.8. The molecular weight excluding hydrogens is 228 g/mol. The standard InChI is InChI=1S/C13H20.3C2H6/c1-3-8-12(9-4-2)13-10-6-5-7-11-13;3*1-2/h5-7,10-12H,3-4,8-9H2,1-2H3;3*1-2H3. The predicted molar refractivity (Wildman–Crippen MR) is 93.0 cm³/mol. The Morgan fingerprint density at radius 1 is 0.684 bits per heavy atom. The first-order chi connectivity index (χ1) is 9.38. The van der Waals surface area contributed by atoms with Crippen LogP contribution in [0.3, 0.4) is 0 Å². The highest BCUT2D eigenvalue weighted by atomic mass is 14.1. The summed E-state index contributed by atoms with van der Waals surface area (Å²) < 4.78 is 0. The minimum Gasteiger partial charge on any atom is -0.0683 e. The van der Waals surface area contributed by atoms with Crippen LogP contribution in [0.25, 0.3) is 0 Å². The summed E-state index contributed by atoms with van der Waals surface area (Å²) in [6.07, 6.45) is 5.24. The van der Waals surface area contributed by atoms with E-state index in [0.29, 0.717) is 0 Å². The molecule has 0 aliphatic rings. The highest BCUT2D eigenvalue weighted by molar-refractivity contribution is 5.19. The molecule has 0 amide bonds. The molecule has 0 saturated carbocycles. The SMILES string of the molecule is CC.CC.CC.CCCC(CCC)c1ccccc1. The van der Waals surface area contributed by atoms with Crippen LogP contribution in [0.15, 0.2) is 30.3 Å². The molecule has 1 rings (SSSR count). The van der Waals surface area contributed by atoms with E-state index in [0.717, 1.165) is 5.92 Å². The molecule has 0 nitrogen and oxygen atoms in total. The predicted octanol–water partition coefficient (Wildman–Crippen LogP) is 7.45. The van der Waals surface area contributed by atoms with Crippen LogP contribution < -0.4 is 0 Å². The van der Waals surface area contributed by atoms with E-state index in [1.807, 2.05) is 41.5 Å². The van der Waals surface area contributed by atoms with Gasteiger partial charge in [-0.3, -0.25) is 0 Å². The second kappa shape index (κ2) is 22.4. The summed E-state index contributed by atoms with van der Waals surface area (Å²) >= 11 is 0. The Kier molecular flexibility index (Phi) is 27.5. The van der Waals surface area contributed by atoms with Gasteiger partial charge in [-0.15, -0.1) is 0 Å². The van der Waals surface area contributed by atoms with Gasteiger partial charge in [0.1, 0.15) is 0 Å². The topological polar surface area (TPSA) is 0 Å². The second-order valence-corrected chi connectivity index (χ2v) is 3.68. The van der Waals surface area contributed by atoms with E-state index in [-0.39, 0.29) is 0 Å². The van der Waals surface area contributed by atoms with Crippen molar-refractivity contribution in [3.63, 3.8) is 0 Å². The Labute approximate surface area is 123 Å². The molecule has 0 fully saturated rings. The fraction of sp³-hybridized carbons (Fsp3) is 0.684. The van der Waals surface area contributed by atoms with Crippen LogP contribution in [-0.4, -0.2) is 0 Å². The molecule has 0 aliphatic carbocycles. The van der Waals surface area contributed by atoms with E-state index in [1.165, 1.54) is 31.2 Å². The smallest absolute Gasteiger partial charge is 0.0162 e. The van der Waals surface area contributed by atoms with E-state index >= 15 is 0 Å². The molecule has 0 heterocycles. The van der Waals surface area contributed by atoms with Crippen molar-refractivity contribution in [3.8, 4) is 0 Å². The number of hydrogen-bond donors (Lipinski definition) is 0. The summed E-state index contributed by atoms with van der Waals surface area (Å²) in [5.41, 5.74) is 1.52. The Hall–Kier alpha value is -0.780. The fourth-order valence-electron chi connectivity index (χ4n) is 1.90. The van der Waals surface area contributed by atoms with Gasteiger partial charge in [-0.1, -0.05) is 98.6 Å². The Bertz CT molecular complexity index is 207. The van der Waals surface area contributed by atoms with Crippen LogP contribution in [0, 0.1) is 0 Å². The minimum absolute atomic E-state index is 0.788. The molecule has 0 heteroatoms. The van der Waals surface area contributed by atoms with Gasteiger partial charge in [0.05, 0.1) is 0 Å². The maximum atomic E-state index is 2.27. The molecule has 0 unspecified atom stereocenters. The first kappa shape index (κ1) is 23.3. The highest BCUT2D eigenvalue weighted by Gasteiger charge is 2.07. The van der Waals surface area contributed by atoms with E-state index in [9.17, 15) is 0 Å². The summed E-state index contributed by atoms with van der Waals surface area (Å²) in [4.78, 5) is 0. The minimum atomic E-state index is 0.788. The average molecular weight is 267 g/mol.